The Morgan fingerprint density at radius 2 is 2.00 bits per heavy atom. The molecule has 2 rings (SSSR count). The van der Waals surface area contributed by atoms with Crippen molar-refractivity contribution in [2.75, 3.05) is 13.7 Å². The Hall–Kier alpha value is -1.49. The van der Waals surface area contributed by atoms with Crippen molar-refractivity contribution in [3.05, 3.63) is 30.1 Å². The van der Waals surface area contributed by atoms with Gasteiger partial charge in [0.1, 0.15) is 5.92 Å². The number of carbonyl (C=O) groups excluding carboxylic acids is 1. The summed E-state index contributed by atoms with van der Waals surface area (Å²) < 4.78 is 5.65. The second-order valence-electron chi connectivity index (χ2n) is 7.31. The molecule has 26 heavy (non-hydrogen) atoms. The van der Waals surface area contributed by atoms with E-state index in [0.29, 0.717) is 23.2 Å². The van der Waals surface area contributed by atoms with Crippen LogP contribution in [0.1, 0.15) is 69.9 Å². The number of nitrogens with one attached hydrogen (secondary N) is 1. The molecule has 1 unspecified atom stereocenters. The molecule has 1 aromatic rings. The van der Waals surface area contributed by atoms with E-state index in [-0.39, 0.29) is 5.97 Å². The molecule has 0 bridgehead atoms. The molecule has 0 radical (unpaired) electrons. The van der Waals surface area contributed by atoms with E-state index in [1.165, 1.54) is 38.5 Å². The minimum absolute atomic E-state index is 0.298. The SMILES string of the molecule is CCCCC[C@H]1CC[C@H](COC(=O)C(C(=S)NC)c2ccccn2)CC1. The fourth-order valence-corrected chi connectivity index (χ4v) is 3.92. The van der Waals surface area contributed by atoms with Gasteiger partial charge in [0.05, 0.1) is 17.3 Å². The Bertz CT molecular complexity index is 556. The van der Waals surface area contributed by atoms with Crippen molar-refractivity contribution >= 4 is 23.2 Å². The summed E-state index contributed by atoms with van der Waals surface area (Å²) in [6, 6.07) is 5.51. The lowest BCUT2D eigenvalue weighted by Gasteiger charge is -2.28. The first-order chi connectivity index (χ1) is 12.7. The average molecular weight is 377 g/mol. The van der Waals surface area contributed by atoms with Crippen LogP contribution in [0.5, 0.6) is 0 Å². The minimum Gasteiger partial charge on any atom is -0.465 e. The highest BCUT2D eigenvalue weighted by Crippen LogP contribution is 2.32. The van der Waals surface area contributed by atoms with Gasteiger partial charge in [0.15, 0.2) is 0 Å². The molecular weight excluding hydrogens is 344 g/mol. The standard InChI is InChI=1S/C21H32N2O2S/c1-3-4-5-8-16-10-12-17(13-11-16)15-25-21(24)19(20(26)22-2)18-9-6-7-14-23-18/h6-7,9,14,16-17,19H,3-5,8,10-13,15H2,1-2H3,(H,22,26)/t16-,17-,19?. The topological polar surface area (TPSA) is 51.2 Å². The van der Waals surface area contributed by atoms with Crippen LogP contribution >= 0.6 is 12.2 Å². The summed E-state index contributed by atoms with van der Waals surface area (Å²) >= 11 is 5.32. The molecule has 1 aliphatic rings. The van der Waals surface area contributed by atoms with Crippen LogP contribution in [-0.2, 0) is 9.53 Å². The van der Waals surface area contributed by atoms with Gasteiger partial charge in [-0.2, -0.15) is 0 Å². The number of nitrogens with zero attached hydrogens (tertiary/aromatic N) is 1. The predicted octanol–water partition coefficient (Wildman–Crippen LogP) is 4.64. The van der Waals surface area contributed by atoms with E-state index in [1.54, 1.807) is 13.2 Å². The van der Waals surface area contributed by atoms with E-state index in [1.807, 2.05) is 18.2 Å². The number of ether oxygens (including phenoxy) is 1. The molecule has 0 amide bonds. The lowest BCUT2D eigenvalue weighted by molar-refractivity contribution is -0.145. The number of likely N-dealkylation sites (N-methyl/N-ethyl adjacent to an activating group) is 1. The van der Waals surface area contributed by atoms with Crippen LogP contribution in [0.4, 0.5) is 0 Å². The van der Waals surface area contributed by atoms with Gasteiger partial charge in [0.2, 0.25) is 0 Å². The number of hydrogen-bond donors (Lipinski definition) is 1. The Morgan fingerprint density at radius 1 is 1.27 bits per heavy atom. The van der Waals surface area contributed by atoms with Crippen molar-refractivity contribution in [2.24, 2.45) is 11.8 Å². The molecular formula is C21H32N2O2S. The highest BCUT2D eigenvalue weighted by Gasteiger charge is 2.29. The highest BCUT2D eigenvalue weighted by atomic mass is 32.1. The van der Waals surface area contributed by atoms with Crippen molar-refractivity contribution < 1.29 is 9.53 Å². The van der Waals surface area contributed by atoms with Crippen LogP contribution in [0.2, 0.25) is 0 Å². The fraction of sp³-hybridized carbons (Fsp3) is 0.667. The van der Waals surface area contributed by atoms with Gasteiger partial charge < -0.3 is 10.1 Å². The van der Waals surface area contributed by atoms with E-state index >= 15 is 0 Å². The van der Waals surface area contributed by atoms with Gasteiger partial charge >= 0.3 is 5.97 Å². The number of unbranched alkanes of at least 4 members (excludes halogenated alkanes) is 2. The normalized spacial score (nSPS) is 21.0. The molecule has 4 nitrogen and oxygen atoms in total. The smallest absolute Gasteiger partial charge is 0.322 e. The second-order valence-corrected chi connectivity index (χ2v) is 7.75. The second kappa shape index (κ2) is 11.3. The van der Waals surface area contributed by atoms with Gasteiger partial charge in [0, 0.05) is 13.2 Å². The molecule has 1 aromatic heterocycles. The number of esters is 1. The third kappa shape index (κ3) is 6.35. The van der Waals surface area contributed by atoms with Crippen molar-refractivity contribution in [3.8, 4) is 0 Å². The van der Waals surface area contributed by atoms with Crippen LogP contribution < -0.4 is 5.32 Å². The van der Waals surface area contributed by atoms with Crippen LogP contribution in [0, 0.1) is 11.8 Å². The monoisotopic (exact) mass is 376 g/mol. The first-order valence-corrected chi connectivity index (χ1v) is 10.4. The third-order valence-corrected chi connectivity index (χ3v) is 5.81. The minimum atomic E-state index is -0.624. The third-order valence-electron chi connectivity index (χ3n) is 5.37. The fourth-order valence-electron chi connectivity index (χ4n) is 3.71. The van der Waals surface area contributed by atoms with Gasteiger partial charge in [-0.05, 0) is 36.8 Å². The lowest BCUT2D eigenvalue weighted by atomic mass is 9.80. The molecule has 0 aromatic carbocycles. The van der Waals surface area contributed by atoms with Crippen molar-refractivity contribution in [1.82, 2.24) is 10.3 Å². The maximum atomic E-state index is 12.6. The average Bonchev–Trinajstić information content (AvgIpc) is 2.68. The van der Waals surface area contributed by atoms with Crippen molar-refractivity contribution in [1.29, 1.82) is 0 Å². The van der Waals surface area contributed by atoms with Gasteiger partial charge in [-0.15, -0.1) is 0 Å². The zero-order valence-corrected chi connectivity index (χ0v) is 16.9. The number of hydrogen-bond acceptors (Lipinski definition) is 4. The van der Waals surface area contributed by atoms with E-state index in [4.69, 9.17) is 17.0 Å². The van der Waals surface area contributed by atoms with Crippen LogP contribution in [-0.4, -0.2) is 29.6 Å². The summed E-state index contributed by atoms with van der Waals surface area (Å²) in [5.41, 5.74) is 0.636. The molecule has 0 saturated heterocycles. The summed E-state index contributed by atoms with van der Waals surface area (Å²) in [5, 5.41) is 2.90. The molecule has 1 atom stereocenters. The molecule has 144 valence electrons. The Balaban J connectivity index is 1.81. The van der Waals surface area contributed by atoms with Gasteiger partial charge in [-0.25, -0.2) is 0 Å². The summed E-state index contributed by atoms with van der Waals surface area (Å²) in [7, 11) is 1.73. The lowest BCUT2D eigenvalue weighted by Crippen LogP contribution is -2.32. The molecule has 1 saturated carbocycles. The molecule has 0 spiro atoms. The highest BCUT2D eigenvalue weighted by molar-refractivity contribution is 7.80. The van der Waals surface area contributed by atoms with Crippen molar-refractivity contribution in [2.45, 2.75) is 64.2 Å². The van der Waals surface area contributed by atoms with E-state index in [0.717, 1.165) is 18.8 Å². The number of rotatable bonds is 9. The van der Waals surface area contributed by atoms with Crippen molar-refractivity contribution in [3.63, 3.8) is 0 Å². The summed E-state index contributed by atoms with van der Waals surface area (Å²) in [6.07, 6.45) is 11.9. The van der Waals surface area contributed by atoms with Gasteiger partial charge in [-0.3, -0.25) is 9.78 Å². The van der Waals surface area contributed by atoms with E-state index in [9.17, 15) is 4.79 Å². The number of thiocarbonyl (C=S) groups is 1. The van der Waals surface area contributed by atoms with Crippen LogP contribution in [0.3, 0.4) is 0 Å². The number of aromatic nitrogens is 1. The van der Waals surface area contributed by atoms with Gasteiger partial charge in [0.25, 0.3) is 0 Å². The largest absolute Gasteiger partial charge is 0.465 e. The van der Waals surface area contributed by atoms with E-state index in [2.05, 4.69) is 17.2 Å². The maximum Gasteiger partial charge on any atom is 0.322 e. The quantitative estimate of drug-likeness (QED) is 0.386. The van der Waals surface area contributed by atoms with Crippen LogP contribution in [0.15, 0.2) is 24.4 Å². The Kier molecular flexibility index (Phi) is 9.02. The first kappa shape index (κ1) is 20.8. The molecule has 5 heteroatoms. The molecule has 1 heterocycles. The Morgan fingerprint density at radius 3 is 2.62 bits per heavy atom. The number of carbonyl (C=O) groups is 1. The zero-order chi connectivity index (χ0) is 18.8. The summed E-state index contributed by atoms with van der Waals surface area (Å²) in [4.78, 5) is 17.4. The molecule has 0 aliphatic heterocycles. The van der Waals surface area contributed by atoms with Crippen LogP contribution in [0.25, 0.3) is 0 Å². The summed E-state index contributed by atoms with van der Waals surface area (Å²) in [6.45, 7) is 2.75. The molecule has 1 N–H and O–H groups in total. The first-order valence-electron chi connectivity index (χ1n) is 9.94. The van der Waals surface area contributed by atoms with E-state index < -0.39 is 5.92 Å². The molecule has 1 fully saturated rings. The number of pyridine rings is 1. The Labute approximate surface area is 163 Å². The van der Waals surface area contributed by atoms with Gasteiger partial charge in [-0.1, -0.05) is 63.7 Å². The summed E-state index contributed by atoms with van der Waals surface area (Å²) in [5.74, 6) is 0.426. The predicted molar refractivity (Wildman–Crippen MR) is 109 cm³/mol. The maximum absolute atomic E-state index is 12.6. The zero-order valence-electron chi connectivity index (χ0n) is 16.1. The molecule has 1 aliphatic carbocycles.